The fraction of sp³-hybridized carbons (Fsp3) is 0.375. The molecule has 0 spiro atoms. The van der Waals surface area contributed by atoms with Crippen LogP contribution in [-0.4, -0.2) is 22.9 Å². The number of hydrogen-bond acceptors (Lipinski definition) is 4. The molecule has 21 heavy (non-hydrogen) atoms. The second kappa shape index (κ2) is 5.99. The molecule has 1 aromatic carbocycles. The van der Waals surface area contributed by atoms with E-state index in [1.807, 2.05) is 23.9 Å². The molecule has 0 amide bonds. The van der Waals surface area contributed by atoms with Gasteiger partial charge in [-0.05, 0) is 36.1 Å². The van der Waals surface area contributed by atoms with E-state index < -0.39 is 0 Å². The molecule has 2 N–H and O–H groups in total. The summed E-state index contributed by atoms with van der Waals surface area (Å²) in [5.74, 6) is 0.141. The molecule has 0 aliphatic heterocycles. The Morgan fingerprint density at radius 2 is 2.10 bits per heavy atom. The van der Waals surface area contributed by atoms with Crippen LogP contribution in [0.25, 0.3) is 11.1 Å². The molecule has 2 rings (SSSR count). The van der Waals surface area contributed by atoms with E-state index in [-0.39, 0.29) is 5.97 Å². The first-order chi connectivity index (χ1) is 9.92. The van der Waals surface area contributed by atoms with Gasteiger partial charge in [0.2, 0.25) is 0 Å². The van der Waals surface area contributed by atoms with E-state index in [2.05, 4.69) is 18.9 Å². The van der Waals surface area contributed by atoms with Crippen molar-refractivity contribution < 1.29 is 9.53 Å². The summed E-state index contributed by atoms with van der Waals surface area (Å²) in [5, 5.41) is 4.34. The van der Waals surface area contributed by atoms with E-state index in [1.54, 1.807) is 12.3 Å². The highest BCUT2D eigenvalue weighted by Gasteiger charge is 2.14. The Balaban J connectivity index is 2.42. The Bertz CT molecular complexity index is 660. The van der Waals surface area contributed by atoms with Gasteiger partial charge in [-0.1, -0.05) is 13.8 Å². The smallest absolute Gasteiger partial charge is 0.338 e. The summed E-state index contributed by atoms with van der Waals surface area (Å²) < 4.78 is 6.70. The van der Waals surface area contributed by atoms with Crippen LogP contribution in [0, 0.1) is 12.8 Å². The molecule has 0 fully saturated rings. The lowest BCUT2D eigenvalue weighted by Crippen LogP contribution is -2.06. The Morgan fingerprint density at radius 3 is 2.71 bits per heavy atom. The van der Waals surface area contributed by atoms with Crippen molar-refractivity contribution in [1.29, 1.82) is 0 Å². The molecule has 5 nitrogen and oxygen atoms in total. The molecule has 5 heteroatoms. The van der Waals surface area contributed by atoms with Crippen molar-refractivity contribution in [2.24, 2.45) is 5.92 Å². The maximum Gasteiger partial charge on any atom is 0.338 e. The van der Waals surface area contributed by atoms with E-state index in [0.717, 1.165) is 23.2 Å². The number of ether oxygens (including phenoxy) is 1. The van der Waals surface area contributed by atoms with Gasteiger partial charge in [0.05, 0.1) is 18.9 Å². The van der Waals surface area contributed by atoms with Crippen LogP contribution in [0.15, 0.2) is 24.5 Å². The number of carbonyl (C=O) groups excluding carboxylic acids is 1. The summed E-state index contributed by atoms with van der Waals surface area (Å²) in [4.78, 5) is 11.8. The zero-order valence-corrected chi connectivity index (χ0v) is 12.9. The van der Waals surface area contributed by atoms with E-state index in [1.165, 1.54) is 7.11 Å². The van der Waals surface area contributed by atoms with Crippen molar-refractivity contribution in [3.63, 3.8) is 0 Å². The van der Waals surface area contributed by atoms with Gasteiger partial charge >= 0.3 is 5.97 Å². The number of nitrogens with two attached hydrogens (primary N) is 1. The zero-order valence-electron chi connectivity index (χ0n) is 12.9. The molecule has 2 aromatic rings. The maximum atomic E-state index is 11.8. The lowest BCUT2D eigenvalue weighted by Gasteiger charge is -2.09. The highest BCUT2D eigenvalue weighted by atomic mass is 16.5. The molecule has 0 saturated heterocycles. The van der Waals surface area contributed by atoms with Crippen molar-refractivity contribution in [2.75, 3.05) is 12.8 Å². The van der Waals surface area contributed by atoms with Gasteiger partial charge in [0.15, 0.2) is 0 Å². The number of rotatable bonds is 4. The molecule has 0 saturated carbocycles. The molecule has 0 radical (unpaired) electrons. The molecular weight excluding hydrogens is 266 g/mol. The lowest BCUT2D eigenvalue weighted by molar-refractivity contribution is 0.0600. The first-order valence-corrected chi connectivity index (χ1v) is 6.93. The number of esters is 1. The first-order valence-electron chi connectivity index (χ1n) is 6.93. The Morgan fingerprint density at radius 1 is 1.38 bits per heavy atom. The second-order valence-corrected chi connectivity index (χ2v) is 5.57. The van der Waals surface area contributed by atoms with Crippen molar-refractivity contribution in [1.82, 2.24) is 9.78 Å². The minimum Gasteiger partial charge on any atom is -0.465 e. The Hall–Kier alpha value is -2.30. The molecule has 0 atom stereocenters. The minimum atomic E-state index is -0.379. The van der Waals surface area contributed by atoms with Gasteiger partial charge in [-0.15, -0.1) is 0 Å². The van der Waals surface area contributed by atoms with Crippen molar-refractivity contribution in [2.45, 2.75) is 27.3 Å². The number of anilines is 1. The standard InChI is InChI=1S/C16H21N3O2/c1-10(2)8-19-9-13(7-18-19)12-5-14(16(20)21-4)11(3)15(17)6-12/h5-7,9-10H,8,17H2,1-4H3. The topological polar surface area (TPSA) is 70.1 Å². The highest BCUT2D eigenvalue weighted by Crippen LogP contribution is 2.27. The number of carbonyl (C=O) groups is 1. The number of hydrogen-bond donors (Lipinski definition) is 1. The Labute approximate surface area is 124 Å². The first kappa shape index (κ1) is 15.1. The molecular formula is C16H21N3O2. The van der Waals surface area contributed by atoms with Crippen molar-refractivity contribution >= 4 is 11.7 Å². The van der Waals surface area contributed by atoms with Crippen LogP contribution in [0.1, 0.15) is 29.8 Å². The predicted octanol–water partition coefficient (Wildman–Crippen LogP) is 2.88. The number of aromatic nitrogens is 2. The number of nitrogen functional groups attached to an aromatic ring is 1. The largest absolute Gasteiger partial charge is 0.465 e. The summed E-state index contributed by atoms with van der Waals surface area (Å²) in [6.07, 6.45) is 3.75. The molecule has 1 aromatic heterocycles. The van der Waals surface area contributed by atoms with E-state index in [4.69, 9.17) is 10.5 Å². The number of nitrogens with zero attached hydrogens (tertiary/aromatic N) is 2. The van der Waals surface area contributed by atoms with E-state index >= 15 is 0 Å². The summed E-state index contributed by atoms with van der Waals surface area (Å²) >= 11 is 0. The zero-order chi connectivity index (χ0) is 15.6. The molecule has 0 aliphatic rings. The fourth-order valence-electron chi connectivity index (χ4n) is 2.21. The SMILES string of the molecule is COC(=O)c1cc(-c2cnn(CC(C)C)c2)cc(N)c1C. The molecule has 0 unspecified atom stereocenters. The average molecular weight is 287 g/mol. The predicted molar refractivity (Wildman–Crippen MR) is 83.0 cm³/mol. The number of methoxy groups -OCH3 is 1. The molecule has 0 bridgehead atoms. The van der Waals surface area contributed by atoms with Gasteiger partial charge in [0.1, 0.15) is 0 Å². The van der Waals surface area contributed by atoms with Crippen LogP contribution in [-0.2, 0) is 11.3 Å². The summed E-state index contributed by atoms with van der Waals surface area (Å²) in [6, 6.07) is 3.66. The van der Waals surface area contributed by atoms with Crippen molar-refractivity contribution in [3.05, 3.63) is 35.7 Å². The molecule has 112 valence electrons. The summed E-state index contributed by atoms with van der Waals surface area (Å²) in [7, 11) is 1.37. The normalized spacial score (nSPS) is 10.9. The number of benzene rings is 1. The van der Waals surface area contributed by atoms with Crippen LogP contribution < -0.4 is 5.73 Å². The maximum absolute atomic E-state index is 11.8. The molecule has 0 aliphatic carbocycles. The Kier molecular flexibility index (Phi) is 4.31. The third-order valence-corrected chi connectivity index (χ3v) is 3.37. The third kappa shape index (κ3) is 3.24. The van der Waals surface area contributed by atoms with Crippen LogP contribution in [0.4, 0.5) is 5.69 Å². The minimum absolute atomic E-state index is 0.379. The van der Waals surface area contributed by atoms with Gasteiger partial charge in [0.25, 0.3) is 0 Å². The van der Waals surface area contributed by atoms with Gasteiger partial charge < -0.3 is 10.5 Å². The van der Waals surface area contributed by atoms with Crippen LogP contribution in [0.5, 0.6) is 0 Å². The van der Waals surface area contributed by atoms with Gasteiger partial charge in [-0.3, -0.25) is 4.68 Å². The van der Waals surface area contributed by atoms with E-state index in [0.29, 0.717) is 17.2 Å². The average Bonchev–Trinajstić information content (AvgIpc) is 2.88. The monoisotopic (exact) mass is 287 g/mol. The lowest BCUT2D eigenvalue weighted by atomic mass is 10.00. The van der Waals surface area contributed by atoms with Gasteiger partial charge in [0, 0.05) is 24.0 Å². The summed E-state index contributed by atoms with van der Waals surface area (Å²) in [6.45, 7) is 6.94. The molecule has 1 heterocycles. The quantitative estimate of drug-likeness (QED) is 0.693. The van der Waals surface area contributed by atoms with E-state index in [9.17, 15) is 4.79 Å². The van der Waals surface area contributed by atoms with Crippen LogP contribution >= 0.6 is 0 Å². The highest BCUT2D eigenvalue weighted by molar-refractivity contribution is 5.94. The van der Waals surface area contributed by atoms with Crippen LogP contribution in [0.2, 0.25) is 0 Å². The van der Waals surface area contributed by atoms with Gasteiger partial charge in [-0.2, -0.15) is 5.10 Å². The van der Waals surface area contributed by atoms with Crippen LogP contribution in [0.3, 0.4) is 0 Å². The second-order valence-electron chi connectivity index (χ2n) is 5.57. The summed E-state index contributed by atoms with van der Waals surface area (Å²) in [5.41, 5.74) is 9.61. The fourth-order valence-corrected chi connectivity index (χ4v) is 2.21. The third-order valence-electron chi connectivity index (χ3n) is 3.37. The van der Waals surface area contributed by atoms with Crippen molar-refractivity contribution in [3.8, 4) is 11.1 Å². The van der Waals surface area contributed by atoms with Gasteiger partial charge in [-0.25, -0.2) is 4.79 Å².